The number of anilines is 1. The van der Waals surface area contributed by atoms with Crippen molar-refractivity contribution < 1.29 is 13.2 Å². The Morgan fingerprint density at radius 1 is 1.31 bits per heavy atom. The normalized spacial score (nSPS) is 12.1. The molecule has 0 aliphatic carbocycles. The zero-order valence-electron chi connectivity index (χ0n) is 13.6. The molecule has 3 rings (SSSR count). The average molecular weight is 424 g/mol. The largest absolute Gasteiger partial charge is 0.389 e. The summed E-state index contributed by atoms with van der Waals surface area (Å²) in [6, 6.07) is 1.87. The monoisotopic (exact) mass is 423 g/mol. The SMILES string of the molecule is Cc1c(CCCC(F)(F)F)c(Cl)n2nc(Cl)nc(NCc3ccsn3)c12. The third-order valence-corrected chi connectivity index (χ3v) is 5.03. The molecule has 0 bridgehead atoms. The van der Waals surface area contributed by atoms with Crippen LogP contribution in [-0.2, 0) is 13.0 Å². The van der Waals surface area contributed by atoms with Crippen LogP contribution in [0.25, 0.3) is 5.52 Å². The van der Waals surface area contributed by atoms with Gasteiger partial charge in [-0.05, 0) is 60.1 Å². The van der Waals surface area contributed by atoms with Crippen molar-refractivity contribution in [3.63, 3.8) is 0 Å². The molecule has 140 valence electrons. The first-order valence-electron chi connectivity index (χ1n) is 7.69. The summed E-state index contributed by atoms with van der Waals surface area (Å²) in [4.78, 5) is 4.19. The number of hydrogen-bond donors (Lipinski definition) is 1. The van der Waals surface area contributed by atoms with E-state index in [1.807, 2.05) is 11.4 Å². The van der Waals surface area contributed by atoms with Crippen LogP contribution in [-0.4, -0.2) is 25.1 Å². The molecule has 0 saturated carbocycles. The van der Waals surface area contributed by atoms with E-state index in [4.69, 9.17) is 23.2 Å². The van der Waals surface area contributed by atoms with E-state index in [9.17, 15) is 13.2 Å². The first-order valence-corrected chi connectivity index (χ1v) is 9.28. The minimum absolute atomic E-state index is 0.0166. The van der Waals surface area contributed by atoms with Crippen LogP contribution in [0.4, 0.5) is 19.0 Å². The maximum atomic E-state index is 12.4. The maximum Gasteiger partial charge on any atom is 0.389 e. The fraction of sp³-hybridized carbons (Fsp3) is 0.400. The fourth-order valence-corrected chi connectivity index (χ4v) is 3.75. The highest BCUT2D eigenvalue weighted by Crippen LogP contribution is 2.33. The van der Waals surface area contributed by atoms with Gasteiger partial charge in [0.1, 0.15) is 10.7 Å². The topological polar surface area (TPSA) is 55.1 Å². The third kappa shape index (κ3) is 4.21. The van der Waals surface area contributed by atoms with Crippen molar-refractivity contribution >= 4 is 46.1 Å². The predicted octanol–water partition coefficient (Wildman–Crippen LogP) is 5.30. The lowest BCUT2D eigenvalue weighted by Gasteiger charge is -2.07. The van der Waals surface area contributed by atoms with Crippen LogP contribution >= 0.6 is 34.7 Å². The van der Waals surface area contributed by atoms with E-state index in [0.29, 0.717) is 23.4 Å². The lowest BCUT2D eigenvalue weighted by atomic mass is 10.1. The van der Waals surface area contributed by atoms with E-state index in [1.54, 1.807) is 6.92 Å². The van der Waals surface area contributed by atoms with Crippen LogP contribution in [0, 0.1) is 6.92 Å². The van der Waals surface area contributed by atoms with Crippen LogP contribution in [0.3, 0.4) is 0 Å². The van der Waals surface area contributed by atoms with Gasteiger partial charge in [-0.2, -0.15) is 22.5 Å². The van der Waals surface area contributed by atoms with Gasteiger partial charge in [0.2, 0.25) is 5.28 Å². The van der Waals surface area contributed by atoms with Crippen LogP contribution in [0.5, 0.6) is 0 Å². The van der Waals surface area contributed by atoms with Crippen molar-refractivity contribution in [2.75, 3.05) is 5.32 Å². The van der Waals surface area contributed by atoms with Crippen LogP contribution in [0.1, 0.15) is 29.7 Å². The maximum absolute atomic E-state index is 12.4. The molecule has 5 nitrogen and oxygen atoms in total. The van der Waals surface area contributed by atoms with Crippen LogP contribution in [0.2, 0.25) is 10.4 Å². The summed E-state index contributed by atoms with van der Waals surface area (Å²) in [7, 11) is 0. The number of alkyl halides is 3. The molecule has 0 saturated heterocycles. The van der Waals surface area contributed by atoms with Gasteiger partial charge in [0.15, 0.2) is 5.82 Å². The number of nitrogens with zero attached hydrogens (tertiary/aromatic N) is 4. The van der Waals surface area contributed by atoms with Gasteiger partial charge < -0.3 is 5.32 Å². The third-order valence-electron chi connectivity index (χ3n) is 3.88. The van der Waals surface area contributed by atoms with E-state index in [-0.39, 0.29) is 23.3 Å². The molecule has 1 N–H and O–H groups in total. The molecule has 11 heteroatoms. The molecule has 0 aliphatic rings. The molecule has 0 aliphatic heterocycles. The first kappa shape index (κ1) is 19.2. The molecular formula is C15H14Cl2F3N5S. The molecule has 0 unspecified atom stereocenters. The molecular weight excluding hydrogens is 410 g/mol. The predicted molar refractivity (Wildman–Crippen MR) is 96.2 cm³/mol. The molecule has 0 atom stereocenters. The van der Waals surface area contributed by atoms with Crippen molar-refractivity contribution in [2.24, 2.45) is 0 Å². The quantitative estimate of drug-likeness (QED) is 0.584. The summed E-state index contributed by atoms with van der Waals surface area (Å²) in [5.41, 5.74) is 2.78. The zero-order chi connectivity index (χ0) is 18.9. The van der Waals surface area contributed by atoms with E-state index >= 15 is 0 Å². The summed E-state index contributed by atoms with van der Waals surface area (Å²) in [6.07, 6.45) is -4.92. The van der Waals surface area contributed by atoms with Gasteiger partial charge in [-0.1, -0.05) is 11.6 Å². The van der Waals surface area contributed by atoms with Gasteiger partial charge in [-0.15, -0.1) is 5.10 Å². The van der Waals surface area contributed by atoms with Crippen molar-refractivity contribution in [1.29, 1.82) is 0 Å². The van der Waals surface area contributed by atoms with E-state index in [0.717, 1.165) is 11.3 Å². The van der Waals surface area contributed by atoms with E-state index < -0.39 is 12.6 Å². The first-order chi connectivity index (χ1) is 12.3. The Bertz CT molecular complexity index is 909. The number of hydrogen-bond acceptors (Lipinski definition) is 5. The van der Waals surface area contributed by atoms with Gasteiger partial charge in [0, 0.05) is 11.8 Å². The average Bonchev–Trinajstić information content (AvgIpc) is 3.14. The lowest BCUT2D eigenvalue weighted by Crippen LogP contribution is -2.07. The highest BCUT2D eigenvalue weighted by Gasteiger charge is 2.27. The van der Waals surface area contributed by atoms with Gasteiger partial charge >= 0.3 is 6.18 Å². The Kier molecular flexibility index (Phi) is 5.59. The summed E-state index contributed by atoms with van der Waals surface area (Å²) >= 11 is 13.7. The van der Waals surface area contributed by atoms with Gasteiger partial charge in [0.25, 0.3) is 0 Å². The number of halogens is 5. The Hall–Kier alpha value is -1.58. The lowest BCUT2D eigenvalue weighted by molar-refractivity contribution is -0.135. The minimum Gasteiger partial charge on any atom is -0.362 e. The molecule has 26 heavy (non-hydrogen) atoms. The summed E-state index contributed by atoms with van der Waals surface area (Å²) in [5.74, 6) is 0.458. The van der Waals surface area contributed by atoms with Gasteiger partial charge in [0.05, 0.1) is 12.2 Å². The second-order valence-corrected chi connectivity index (χ2v) is 7.06. The molecule has 0 aromatic carbocycles. The smallest absolute Gasteiger partial charge is 0.362 e. The fourth-order valence-electron chi connectivity index (χ4n) is 2.69. The van der Waals surface area contributed by atoms with E-state index in [1.165, 1.54) is 16.0 Å². The molecule has 3 aromatic rings. The number of aromatic nitrogens is 4. The summed E-state index contributed by atoms with van der Waals surface area (Å²) < 4.78 is 42.9. The van der Waals surface area contributed by atoms with Crippen molar-refractivity contribution in [2.45, 2.75) is 38.9 Å². The molecule has 3 heterocycles. The van der Waals surface area contributed by atoms with Crippen LogP contribution in [0.15, 0.2) is 11.4 Å². The zero-order valence-corrected chi connectivity index (χ0v) is 15.9. The van der Waals surface area contributed by atoms with Gasteiger partial charge in [-0.25, -0.2) is 4.52 Å². The Morgan fingerprint density at radius 2 is 2.08 bits per heavy atom. The van der Waals surface area contributed by atoms with Crippen molar-refractivity contribution in [3.05, 3.63) is 38.7 Å². The highest BCUT2D eigenvalue weighted by molar-refractivity contribution is 7.03. The number of rotatable bonds is 6. The Labute approximate surface area is 161 Å². The number of fused-ring (bicyclic) bond motifs is 1. The molecule has 0 amide bonds. The highest BCUT2D eigenvalue weighted by atomic mass is 35.5. The summed E-state index contributed by atoms with van der Waals surface area (Å²) in [5, 5.41) is 9.32. The van der Waals surface area contributed by atoms with E-state index in [2.05, 4.69) is 19.8 Å². The van der Waals surface area contributed by atoms with Crippen molar-refractivity contribution in [1.82, 2.24) is 19.0 Å². The molecule has 0 spiro atoms. The summed E-state index contributed by atoms with van der Waals surface area (Å²) in [6.45, 7) is 2.22. The molecule has 0 radical (unpaired) electrons. The number of aryl methyl sites for hydroxylation is 1. The molecule has 3 aromatic heterocycles. The van der Waals surface area contributed by atoms with Crippen LogP contribution < -0.4 is 5.32 Å². The number of nitrogens with one attached hydrogen (secondary N) is 1. The Balaban J connectivity index is 1.92. The second kappa shape index (κ2) is 7.58. The second-order valence-electron chi connectivity index (χ2n) is 5.70. The molecule has 0 fully saturated rings. The Morgan fingerprint density at radius 3 is 2.73 bits per heavy atom. The standard InChI is InChI=1S/C15H14Cl2F3N5S/c1-8-10(3-2-5-15(18,19)20)12(16)25-11(8)13(22-14(17)23-25)21-7-9-4-6-26-24-9/h4,6H,2-3,5,7H2,1H3,(H,21,22,23). The van der Waals surface area contributed by atoms with Crippen molar-refractivity contribution in [3.8, 4) is 0 Å². The minimum atomic E-state index is -4.19. The van der Waals surface area contributed by atoms with Gasteiger partial charge in [-0.3, -0.25) is 0 Å².